The first kappa shape index (κ1) is 42.3. The van der Waals surface area contributed by atoms with E-state index in [0.29, 0.717) is 0 Å². The van der Waals surface area contributed by atoms with Gasteiger partial charge in [-0.25, -0.2) is 0 Å². The quantitative estimate of drug-likeness (QED) is 0.0429. The van der Waals surface area contributed by atoms with Gasteiger partial charge in [-0.05, 0) is 111 Å². The molecule has 0 amide bonds. The zero-order valence-corrected chi connectivity index (χ0v) is 30.0. The molecule has 0 fully saturated rings. The zero-order valence-electron chi connectivity index (χ0n) is 30.0. The van der Waals surface area contributed by atoms with Crippen LogP contribution < -0.4 is 0 Å². The monoisotopic (exact) mass is 612 g/mol. The predicted octanol–water partition coefficient (Wildman–Crippen LogP) is 12.5. The summed E-state index contributed by atoms with van der Waals surface area (Å²) >= 11 is 0. The van der Waals surface area contributed by atoms with Crippen molar-refractivity contribution < 1.29 is 9.47 Å². The van der Waals surface area contributed by atoms with Crippen molar-refractivity contribution in [3.8, 4) is 0 Å². The molecule has 0 N–H and O–H groups in total. The topological polar surface area (TPSA) is 21.7 Å². The van der Waals surface area contributed by atoms with Crippen molar-refractivity contribution >= 4 is 0 Å². The van der Waals surface area contributed by atoms with Gasteiger partial charge in [0, 0.05) is 0 Å². The molecule has 0 unspecified atom stereocenters. The summed E-state index contributed by atoms with van der Waals surface area (Å²) in [6.45, 7) is 8.92. The Morgan fingerprint density at radius 3 is 1.07 bits per heavy atom. The fourth-order valence-corrected chi connectivity index (χ4v) is 4.95. The first-order valence-electron chi connectivity index (χ1n) is 18.4. The van der Waals surface area contributed by atoms with Crippen LogP contribution >= 0.6 is 0 Å². The van der Waals surface area contributed by atoms with Crippen molar-refractivity contribution in [1.82, 2.24) is 4.90 Å². The molecule has 0 aliphatic heterocycles. The van der Waals surface area contributed by atoms with Crippen LogP contribution in [0.2, 0.25) is 0 Å². The molecule has 44 heavy (non-hydrogen) atoms. The Labute approximate surface area is 275 Å². The highest BCUT2D eigenvalue weighted by Crippen LogP contribution is 2.17. The Bertz CT molecular complexity index is 703. The van der Waals surface area contributed by atoms with Crippen LogP contribution in [0.4, 0.5) is 0 Å². The molecule has 0 rings (SSSR count). The van der Waals surface area contributed by atoms with Gasteiger partial charge < -0.3 is 14.4 Å². The van der Waals surface area contributed by atoms with E-state index in [-0.39, 0.29) is 0 Å². The van der Waals surface area contributed by atoms with Gasteiger partial charge in [0.05, 0.1) is 19.8 Å². The fourth-order valence-electron chi connectivity index (χ4n) is 4.95. The normalized spacial score (nSPS) is 13.2. The standard InChI is InChI=1S/C41H73NO2/c1-6-8-10-12-14-16-18-20-22-24-26-28-30-32-34-36-38-43-41(3,40-42(4)5)44-39-37-35-33-31-29-27-25-23-21-19-17-15-13-11-9-7-2/h14-17,20-23,26-29H,6-13,18-19,24-25,30-40H2,1-5H3/b16-14-,17-15-,22-20-,23-21-,28-26-,29-27-. The van der Waals surface area contributed by atoms with Crippen LogP contribution in [0.1, 0.15) is 149 Å². The van der Waals surface area contributed by atoms with Crippen LogP contribution in [0.25, 0.3) is 0 Å². The van der Waals surface area contributed by atoms with E-state index in [2.05, 4.69) is 113 Å². The second-order valence-corrected chi connectivity index (χ2v) is 12.5. The van der Waals surface area contributed by atoms with E-state index in [1.165, 1.54) is 77.0 Å². The van der Waals surface area contributed by atoms with Gasteiger partial charge in [0.15, 0.2) is 5.79 Å². The van der Waals surface area contributed by atoms with Crippen LogP contribution in [0.15, 0.2) is 72.9 Å². The van der Waals surface area contributed by atoms with Gasteiger partial charge in [0.2, 0.25) is 0 Å². The minimum absolute atomic E-state index is 0.530. The summed E-state index contributed by atoms with van der Waals surface area (Å²) in [6.07, 6.45) is 51.5. The van der Waals surface area contributed by atoms with Crippen molar-refractivity contribution in [1.29, 1.82) is 0 Å². The molecule has 0 aliphatic rings. The number of hydrogen-bond donors (Lipinski definition) is 0. The molecule has 0 aromatic carbocycles. The maximum absolute atomic E-state index is 6.27. The van der Waals surface area contributed by atoms with Gasteiger partial charge in [-0.3, -0.25) is 0 Å². The van der Waals surface area contributed by atoms with Crippen LogP contribution in [0.5, 0.6) is 0 Å². The molecule has 0 aromatic rings. The Kier molecular flexibility index (Phi) is 32.9. The fraction of sp³-hybridized carbons (Fsp3) is 0.707. The average Bonchev–Trinajstić information content (AvgIpc) is 3.00. The third-order valence-corrected chi connectivity index (χ3v) is 7.49. The third-order valence-electron chi connectivity index (χ3n) is 7.49. The summed E-state index contributed by atoms with van der Waals surface area (Å²) in [4.78, 5) is 2.16. The highest BCUT2D eigenvalue weighted by Gasteiger charge is 2.26. The van der Waals surface area contributed by atoms with Crippen LogP contribution in [-0.2, 0) is 9.47 Å². The summed E-state index contributed by atoms with van der Waals surface area (Å²) in [5.41, 5.74) is 0. The van der Waals surface area contributed by atoms with Gasteiger partial charge in [0.25, 0.3) is 0 Å². The van der Waals surface area contributed by atoms with Crippen molar-refractivity contribution in [3.63, 3.8) is 0 Å². The minimum Gasteiger partial charge on any atom is -0.349 e. The maximum atomic E-state index is 6.27. The molecule has 254 valence electrons. The van der Waals surface area contributed by atoms with Crippen molar-refractivity contribution in [2.24, 2.45) is 0 Å². The zero-order chi connectivity index (χ0) is 32.2. The van der Waals surface area contributed by atoms with Gasteiger partial charge in [0.1, 0.15) is 0 Å². The molecule has 0 heterocycles. The molecule has 0 aliphatic carbocycles. The number of ether oxygens (including phenoxy) is 2. The molecule has 0 atom stereocenters. The van der Waals surface area contributed by atoms with Crippen LogP contribution in [0, 0.1) is 0 Å². The number of nitrogens with zero attached hydrogens (tertiary/aromatic N) is 1. The number of likely N-dealkylation sites (N-methyl/N-ethyl adjacent to an activating group) is 1. The molecular formula is C41H73NO2. The van der Waals surface area contributed by atoms with Gasteiger partial charge in [-0.2, -0.15) is 0 Å². The lowest BCUT2D eigenvalue weighted by Crippen LogP contribution is -2.43. The van der Waals surface area contributed by atoms with Crippen molar-refractivity contribution in [2.45, 2.75) is 155 Å². The lowest BCUT2D eigenvalue weighted by Gasteiger charge is -2.32. The number of rotatable bonds is 32. The number of allylic oxidation sites excluding steroid dienone is 12. The first-order valence-corrected chi connectivity index (χ1v) is 18.4. The number of unbranched alkanes of at least 4 members (excludes halogenated alkanes) is 12. The van der Waals surface area contributed by atoms with E-state index in [4.69, 9.17) is 9.47 Å². The highest BCUT2D eigenvalue weighted by atomic mass is 16.7. The molecule has 0 saturated heterocycles. The van der Waals surface area contributed by atoms with Crippen LogP contribution in [-0.4, -0.2) is 44.5 Å². The second kappa shape index (κ2) is 34.2. The molecule has 3 heteroatoms. The summed E-state index contributed by atoms with van der Waals surface area (Å²) in [5, 5.41) is 0. The molecule has 0 saturated carbocycles. The summed E-state index contributed by atoms with van der Waals surface area (Å²) < 4.78 is 12.5. The Morgan fingerprint density at radius 2 is 0.750 bits per heavy atom. The third kappa shape index (κ3) is 33.2. The molecule has 0 spiro atoms. The summed E-state index contributed by atoms with van der Waals surface area (Å²) in [7, 11) is 4.18. The maximum Gasteiger partial charge on any atom is 0.178 e. The largest absolute Gasteiger partial charge is 0.349 e. The van der Waals surface area contributed by atoms with Crippen LogP contribution in [0.3, 0.4) is 0 Å². The van der Waals surface area contributed by atoms with E-state index in [1.807, 2.05) is 0 Å². The SMILES string of the molecule is CCCCC/C=C\C/C=C\C/C=C\CCCCCOC(C)(CN(C)C)OCCCCC/C=C\C/C=C\C/C=C\CCCCC. The molecule has 3 nitrogen and oxygen atoms in total. The van der Waals surface area contributed by atoms with Crippen molar-refractivity contribution in [2.75, 3.05) is 33.9 Å². The van der Waals surface area contributed by atoms with Crippen molar-refractivity contribution in [3.05, 3.63) is 72.9 Å². The van der Waals surface area contributed by atoms with E-state index < -0.39 is 5.79 Å². The average molecular weight is 612 g/mol. The molecule has 0 radical (unpaired) electrons. The molecule has 0 bridgehead atoms. The van der Waals surface area contributed by atoms with E-state index >= 15 is 0 Å². The second-order valence-electron chi connectivity index (χ2n) is 12.5. The molecular weight excluding hydrogens is 538 g/mol. The Hall–Kier alpha value is -1.68. The van der Waals surface area contributed by atoms with E-state index in [9.17, 15) is 0 Å². The molecule has 0 aromatic heterocycles. The lowest BCUT2D eigenvalue weighted by molar-refractivity contribution is -0.232. The first-order chi connectivity index (χ1) is 21.5. The summed E-state index contributed by atoms with van der Waals surface area (Å²) in [6, 6.07) is 0. The number of hydrogen-bond acceptors (Lipinski definition) is 3. The predicted molar refractivity (Wildman–Crippen MR) is 197 cm³/mol. The highest BCUT2D eigenvalue weighted by molar-refractivity contribution is 4.98. The Balaban J connectivity index is 3.86. The van der Waals surface area contributed by atoms with Gasteiger partial charge >= 0.3 is 0 Å². The smallest absolute Gasteiger partial charge is 0.178 e. The van der Waals surface area contributed by atoms with E-state index in [0.717, 1.165) is 71.1 Å². The van der Waals surface area contributed by atoms with Gasteiger partial charge in [-0.15, -0.1) is 0 Å². The minimum atomic E-state index is -0.530. The van der Waals surface area contributed by atoms with Gasteiger partial charge in [-0.1, -0.05) is 125 Å². The van der Waals surface area contributed by atoms with E-state index in [1.54, 1.807) is 0 Å². The lowest BCUT2D eigenvalue weighted by atomic mass is 10.1. The summed E-state index contributed by atoms with van der Waals surface area (Å²) in [5.74, 6) is -0.530. The Morgan fingerprint density at radius 1 is 0.432 bits per heavy atom.